The van der Waals surface area contributed by atoms with Crippen LogP contribution in [0.15, 0.2) is 50.8 Å². The molecule has 3 rings (SSSR count). The highest BCUT2D eigenvalue weighted by molar-refractivity contribution is 9.10. The van der Waals surface area contributed by atoms with Crippen molar-refractivity contribution in [3.63, 3.8) is 0 Å². The number of fused-ring (bicyclic) bond motifs is 1. The molecule has 9 heteroatoms. The van der Waals surface area contributed by atoms with Crippen molar-refractivity contribution in [2.45, 2.75) is 11.4 Å². The molecule has 3 aromatic rings. The zero-order chi connectivity index (χ0) is 19.8. The lowest BCUT2D eigenvalue weighted by Crippen LogP contribution is -2.16. The van der Waals surface area contributed by atoms with E-state index in [9.17, 15) is 13.2 Å². The van der Waals surface area contributed by atoms with Crippen molar-refractivity contribution in [3.8, 4) is 12.3 Å². The summed E-state index contributed by atoms with van der Waals surface area (Å²) in [4.78, 5) is 17.4. The van der Waals surface area contributed by atoms with E-state index < -0.39 is 15.7 Å². The van der Waals surface area contributed by atoms with Gasteiger partial charge >= 0.3 is 0 Å². The number of rotatable bonds is 3. The topological polar surface area (TPSA) is 68.5 Å². The summed E-state index contributed by atoms with van der Waals surface area (Å²) in [6, 6.07) is 9.65. The van der Waals surface area contributed by atoms with Gasteiger partial charge in [-0.15, -0.1) is 6.42 Å². The van der Waals surface area contributed by atoms with E-state index in [4.69, 9.17) is 18.0 Å². The van der Waals surface area contributed by atoms with Gasteiger partial charge in [0.15, 0.2) is 14.6 Å². The maximum Gasteiger partial charge on any atom is 0.281 e. The number of halogens is 2. The lowest BCUT2D eigenvalue weighted by atomic mass is 10.2. The number of hydrogen-bond donors (Lipinski definition) is 0. The van der Waals surface area contributed by atoms with Crippen molar-refractivity contribution in [1.82, 2.24) is 4.57 Å². The molecule has 0 radical (unpaired) electrons. The van der Waals surface area contributed by atoms with Gasteiger partial charge in [0.05, 0.1) is 32.2 Å². The van der Waals surface area contributed by atoms with E-state index in [-0.39, 0.29) is 22.0 Å². The minimum atomic E-state index is -3.35. The Labute approximate surface area is 173 Å². The molecular formula is C18H12BrClN2O3S2. The van der Waals surface area contributed by atoms with Crippen LogP contribution in [0.25, 0.3) is 10.2 Å². The largest absolute Gasteiger partial charge is 0.305 e. The number of carbonyl (C=O) groups is 1. The third kappa shape index (κ3) is 4.17. The monoisotopic (exact) mass is 482 g/mol. The van der Waals surface area contributed by atoms with Crippen LogP contribution >= 0.6 is 38.9 Å². The predicted octanol–water partition coefficient (Wildman–Crippen LogP) is 3.90. The molecule has 0 bridgehead atoms. The molecule has 0 aliphatic heterocycles. The molecule has 0 unspecified atom stereocenters. The van der Waals surface area contributed by atoms with Crippen molar-refractivity contribution >= 4 is 64.8 Å². The zero-order valence-electron chi connectivity index (χ0n) is 13.9. The number of sulfone groups is 1. The normalized spacial score (nSPS) is 12.3. The highest BCUT2D eigenvalue weighted by Crippen LogP contribution is 2.23. The van der Waals surface area contributed by atoms with Gasteiger partial charge in [-0.2, -0.15) is 4.99 Å². The molecule has 1 amide bonds. The summed E-state index contributed by atoms with van der Waals surface area (Å²) in [5.41, 5.74) is 0.963. The number of nitrogens with zero attached hydrogens (tertiary/aromatic N) is 2. The number of benzene rings is 2. The number of terminal acetylenes is 1. The van der Waals surface area contributed by atoms with Gasteiger partial charge < -0.3 is 4.57 Å². The Kier molecular flexibility index (Phi) is 5.58. The summed E-state index contributed by atoms with van der Waals surface area (Å²) < 4.78 is 26.7. The van der Waals surface area contributed by atoms with E-state index in [1.165, 1.54) is 17.4 Å². The van der Waals surface area contributed by atoms with Crippen molar-refractivity contribution in [1.29, 1.82) is 0 Å². The second kappa shape index (κ2) is 7.60. The Hall–Kier alpha value is -1.92. The molecule has 27 heavy (non-hydrogen) atoms. The molecule has 138 valence electrons. The van der Waals surface area contributed by atoms with E-state index in [0.29, 0.717) is 19.5 Å². The first-order chi connectivity index (χ1) is 12.7. The minimum Gasteiger partial charge on any atom is -0.305 e. The van der Waals surface area contributed by atoms with Crippen LogP contribution in [0.1, 0.15) is 10.4 Å². The SMILES string of the molecule is C#CCn1c(=NC(=O)c2cc(Br)ccc2Cl)sc2cc(S(C)(=O)=O)ccc21. The summed E-state index contributed by atoms with van der Waals surface area (Å²) in [6.07, 6.45) is 6.59. The third-order valence-electron chi connectivity index (χ3n) is 3.69. The molecule has 0 N–H and O–H groups in total. The number of amides is 1. The fraction of sp³-hybridized carbons (Fsp3) is 0.111. The molecule has 0 atom stereocenters. The van der Waals surface area contributed by atoms with Gasteiger partial charge in [0.1, 0.15) is 0 Å². The maximum atomic E-state index is 12.6. The minimum absolute atomic E-state index is 0.191. The number of hydrogen-bond acceptors (Lipinski definition) is 4. The molecule has 1 aromatic heterocycles. The molecule has 1 heterocycles. The molecule has 2 aromatic carbocycles. The van der Waals surface area contributed by atoms with Crippen LogP contribution in [-0.2, 0) is 16.4 Å². The number of carbonyl (C=O) groups excluding carboxylic acids is 1. The van der Waals surface area contributed by atoms with Gasteiger partial charge in [0.2, 0.25) is 0 Å². The van der Waals surface area contributed by atoms with Crippen LogP contribution < -0.4 is 4.80 Å². The molecular weight excluding hydrogens is 472 g/mol. The lowest BCUT2D eigenvalue weighted by molar-refractivity contribution is 0.0998. The highest BCUT2D eigenvalue weighted by Gasteiger charge is 2.14. The van der Waals surface area contributed by atoms with Gasteiger partial charge in [-0.25, -0.2) is 8.42 Å². The smallest absolute Gasteiger partial charge is 0.281 e. The third-order valence-corrected chi connectivity index (χ3v) is 6.66. The molecule has 0 fully saturated rings. The van der Waals surface area contributed by atoms with Crippen molar-refractivity contribution in [3.05, 3.63) is 56.3 Å². The summed E-state index contributed by atoms with van der Waals surface area (Å²) in [5.74, 6) is 2.02. The molecule has 5 nitrogen and oxygen atoms in total. The highest BCUT2D eigenvalue weighted by atomic mass is 79.9. The van der Waals surface area contributed by atoms with E-state index in [1.54, 1.807) is 34.9 Å². The summed E-state index contributed by atoms with van der Waals surface area (Å²) in [7, 11) is -3.35. The Morgan fingerprint density at radius 1 is 1.33 bits per heavy atom. The fourth-order valence-corrected chi connectivity index (χ4v) is 4.77. The first-order valence-corrected chi connectivity index (χ1v) is 11.4. The van der Waals surface area contributed by atoms with Crippen LogP contribution in [0.2, 0.25) is 5.02 Å². The van der Waals surface area contributed by atoms with Crippen LogP contribution in [0, 0.1) is 12.3 Å². The zero-order valence-corrected chi connectivity index (χ0v) is 17.9. The molecule has 0 saturated carbocycles. The van der Waals surface area contributed by atoms with E-state index in [1.807, 2.05) is 0 Å². The van der Waals surface area contributed by atoms with Gasteiger partial charge in [0.25, 0.3) is 5.91 Å². The molecule has 0 aliphatic carbocycles. The maximum absolute atomic E-state index is 12.6. The van der Waals surface area contributed by atoms with Crippen LogP contribution in [0.3, 0.4) is 0 Å². The van der Waals surface area contributed by atoms with Gasteiger partial charge in [0, 0.05) is 10.7 Å². The standard InChI is InChI=1S/C18H12BrClN2O3S2/c1-3-8-22-15-7-5-12(27(2,24)25)10-16(15)26-18(22)21-17(23)13-9-11(19)4-6-14(13)20/h1,4-7,9-10H,8H2,2H3. The van der Waals surface area contributed by atoms with E-state index in [2.05, 4.69) is 26.8 Å². The summed E-state index contributed by atoms with van der Waals surface area (Å²) in [6.45, 7) is 0.191. The van der Waals surface area contributed by atoms with Crippen molar-refractivity contribution in [2.24, 2.45) is 4.99 Å². The quantitative estimate of drug-likeness (QED) is 0.531. The average Bonchev–Trinajstić information content (AvgIpc) is 2.93. The average molecular weight is 484 g/mol. The van der Waals surface area contributed by atoms with Crippen LogP contribution in [-0.4, -0.2) is 25.1 Å². The Morgan fingerprint density at radius 3 is 2.74 bits per heavy atom. The Bertz CT molecular complexity index is 1280. The van der Waals surface area contributed by atoms with Crippen molar-refractivity contribution in [2.75, 3.05) is 6.26 Å². The molecule has 0 saturated heterocycles. The predicted molar refractivity (Wildman–Crippen MR) is 111 cm³/mol. The van der Waals surface area contributed by atoms with Gasteiger partial charge in [-0.05, 0) is 36.4 Å². The second-order valence-corrected chi connectivity index (χ2v) is 9.97. The van der Waals surface area contributed by atoms with Gasteiger partial charge in [-0.3, -0.25) is 4.79 Å². The van der Waals surface area contributed by atoms with E-state index in [0.717, 1.165) is 6.26 Å². The van der Waals surface area contributed by atoms with Crippen molar-refractivity contribution < 1.29 is 13.2 Å². The lowest BCUT2D eigenvalue weighted by Gasteiger charge is -2.02. The Morgan fingerprint density at radius 2 is 2.07 bits per heavy atom. The number of thiazole rings is 1. The first kappa shape index (κ1) is 19.8. The van der Waals surface area contributed by atoms with E-state index >= 15 is 0 Å². The number of aromatic nitrogens is 1. The van der Waals surface area contributed by atoms with Gasteiger partial charge in [-0.1, -0.05) is 44.8 Å². The molecule has 0 aliphatic rings. The van der Waals surface area contributed by atoms with Crippen LogP contribution in [0.4, 0.5) is 0 Å². The Balaban J connectivity index is 2.22. The first-order valence-electron chi connectivity index (χ1n) is 7.51. The van der Waals surface area contributed by atoms with Crippen LogP contribution in [0.5, 0.6) is 0 Å². The summed E-state index contributed by atoms with van der Waals surface area (Å²) in [5, 5.41) is 0.288. The second-order valence-electron chi connectivity index (χ2n) is 5.62. The molecule has 0 spiro atoms. The summed E-state index contributed by atoms with van der Waals surface area (Å²) >= 11 is 10.6. The fourth-order valence-electron chi connectivity index (χ4n) is 2.42.